The minimum absolute atomic E-state index is 0.126. The Hall–Kier alpha value is -1.14. The van der Waals surface area contributed by atoms with Gasteiger partial charge in [-0.05, 0) is 65.7 Å². The van der Waals surface area contributed by atoms with E-state index in [-0.39, 0.29) is 23.8 Å². The normalized spacial score (nSPS) is 15.6. The predicted octanol–water partition coefficient (Wildman–Crippen LogP) is 7.49. The van der Waals surface area contributed by atoms with Crippen molar-refractivity contribution in [3.63, 3.8) is 0 Å². The van der Waals surface area contributed by atoms with Crippen LogP contribution in [0.3, 0.4) is 0 Å². The van der Waals surface area contributed by atoms with E-state index in [9.17, 15) is 9.59 Å². The number of carbonyl (C=O) groups excluding carboxylic acids is 2. The standard InChI is InChI=1S/C26H50O6/c1-9-14-16-21(12-4)23(27)29-31-25(6,7)19-20-26(8,18-11-3)32-30-24(28)22(13-5)17-15-10-2/h21-22H,9-20H2,1-8H3. The summed E-state index contributed by atoms with van der Waals surface area (Å²) in [5, 5.41) is 0. The molecule has 0 rings (SSSR count). The molecule has 0 heterocycles. The van der Waals surface area contributed by atoms with Crippen molar-refractivity contribution in [2.24, 2.45) is 11.8 Å². The van der Waals surface area contributed by atoms with Crippen LogP contribution in [0.1, 0.15) is 132 Å². The van der Waals surface area contributed by atoms with E-state index in [1.54, 1.807) is 0 Å². The molecule has 6 nitrogen and oxygen atoms in total. The van der Waals surface area contributed by atoms with E-state index in [4.69, 9.17) is 19.6 Å². The summed E-state index contributed by atoms with van der Waals surface area (Å²) in [4.78, 5) is 46.5. The van der Waals surface area contributed by atoms with Gasteiger partial charge in [-0.25, -0.2) is 9.59 Å². The molecule has 0 aliphatic carbocycles. The van der Waals surface area contributed by atoms with Crippen LogP contribution in [-0.4, -0.2) is 23.1 Å². The van der Waals surface area contributed by atoms with Crippen LogP contribution in [0.5, 0.6) is 0 Å². The quantitative estimate of drug-likeness (QED) is 0.147. The highest BCUT2D eigenvalue weighted by Crippen LogP contribution is 2.30. The maximum absolute atomic E-state index is 12.4. The van der Waals surface area contributed by atoms with Crippen LogP contribution in [-0.2, 0) is 29.1 Å². The largest absolute Gasteiger partial charge is 0.345 e. The minimum atomic E-state index is -0.672. The molecule has 0 fully saturated rings. The second kappa shape index (κ2) is 16.5. The molecule has 0 saturated carbocycles. The zero-order valence-electron chi connectivity index (χ0n) is 22.1. The molecule has 0 aromatic heterocycles. The summed E-state index contributed by atoms with van der Waals surface area (Å²) in [5.74, 6) is -0.837. The van der Waals surface area contributed by atoms with Gasteiger partial charge in [0.2, 0.25) is 0 Å². The van der Waals surface area contributed by atoms with Gasteiger partial charge in [-0.1, -0.05) is 66.7 Å². The lowest BCUT2D eigenvalue weighted by Gasteiger charge is -2.31. The van der Waals surface area contributed by atoms with Crippen LogP contribution in [0, 0.1) is 11.8 Å². The lowest BCUT2D eigenvalue weighted by Crippen LogP contribution is -2.36. The lowest BCUT2D eigenvalue weighted by atomic mass is 9.89. The highest BCUT2D eigenvalue weighted by atomic mass is 17.2. The minimum Gasteiger partial charge on any atom is -0.298 e. The van der Waals surface area contributed by atoms with Gasteiger partial charge < -0.3 is 0 Å². The predicted molar refractivity (Wildman–Crippen MR) is 128 cm³/mol. The third-order valence-electron chi connectivity index (χ3n) is 6.17. The van der Waals surface area contributed by atoms with Crippen molar-refractivity contribution >= 4 is 11.9 Å². The first kappa shape index (κ1) is 30.9. The summed E-state index contributed by atoms with van der Waals surface area (Å²) in [6.45, 7) is 16.0. The Labute approximate surface area is 196 Å². The molecule has 3 unspecified atom stereocenters. The van der Waals surface area contributed by atoms with Gasteiger partial charge >= 0.3 is 11.9 Å². The van der Waals surface area contributed by atoms with E-state index in [2.05, 4.69) is 20.8 Å². The maximum atomic E-state index is 12.4. The first-order valence-electron chi connectivity index (χ1n) is 12.9. The molecule has 0 saturated heterocycles. The molecule has 0 spiro atoms. The average Bonchev–Trinajstić information content (AvgIpc) is 2.76. The van der Waals surface area contributed by atoms with Crippen molar-refractivity contribution in [3.8, 4) is 0 Å². The van der Waals surface area contributed by atoms with Crippen molar-refractivity contribution in [3.05, 3.63) is 0 Å². The molecule has 32 heavy (non-hydrogen) atoms. The van der Waals surface area contributed by atoms with Crippen LogP contribution in [0.15, 0.2) is 0 Å². The van der Waals surface area contributed by atoms with Crippen LogP contribution in [0.25, 0.3) is 0 Å². The van der Waals surface area contributed by atoms with E-state index < -0.39 is 11.2 Å². The second-order valence-corrected chi connectivity index (χ2v) is 9.93. The third-order valence-corrected chi connectivity index (χ3v) is 6.17. The van der Waals surface area contributed by atoms with Crippen LogP contribution >= 0.6 is 0 Å². The highest BCUT2D eigenvalue weighted by molar-refractivity contribution is 5.72. The van der Waals surface area contributed by atoms with Gasteiger partial charge in [0.15, 0.2) is 0 Å². The van der Waals surface area contributed by atoms with E-state index >= 15 is 0 Å². The maximum Gasteiger partial charge on any atom is 0.345 e. The van der Waals surface area contributed by atoms with Gasteiger partial charge in [0.1, 0.15) is 11.2 Å². The van der Waals surface area contributed by atoms with Crippen molar-refractivity contribution in [2.45, 2.75) is 144 Å². The molecular formula is C26H50O6. The molecule has 0 amide bonds. The van der Waals surface area contributed by atoms with Gasteiger partial charge in [0.25, 0.3) is 0 Å². The molecule has 0 aromatic carbocycles. The molecule has 0 N–H and O–H groups in total. The van der Waals surface area contributed by atoms with Gasteiger partial charge in [0.05, 0.1) is 11.8 Å². The van der Waals surface area contributed by atoms with Crippen molar-refractivity contribution < 1.29 is 29.1 Å². The Morgan fingerprint density at radius 3 is 1.53 bits per heavy atom. The number of hydrogen-bond acceptors (Lipinski definition) is 6. The Bertz CT molecular complexity index is 518. The summed E-state index contributed by atoms with van der Waals surface area (Å²) in [6, 6.07) is 0. The molecule has 0 aromatic rings. The zero-order valence-corrected chi connectivity index (χ0v) is 22.1. The molecule has 6 heteroatoms. The highest BCUT2D eigenvalue weighted by Gasteiger charge is 2.33. The van der Waals surface area contributed by atoms with Gasteiger partial charge in [-0.15, -0.1) is 0 Å². The monoisotopic (exact) mass is 458 g/mol. The third kappa shape index (κ3) is 12.8. The van der Waals surface area contributed by atoms with Gasteiger partial charge in [0, 0.05) is 0 Å². The number of hydrogen-bond donors (Lipinski definition) is 0. The van der Waals surface area contributed by atoms with Crippen molar-refractivity contribution in [1.82, 2.24) is 0 Å². The van der Waals surface area contributed by atoms with Gasteiger partial charge in [-0.2, -0.15) is 9.78 Å². The Kier molecular flexibility index (Phi) is 15.9. The first-order valence-corrected chi connectivity index (χ1v) is 12.9. The van der Waals surface area contributed by atoms with Crippen LogP contribution in [0.4, 0.5) is 0 Å². The lowest BCUT2D eigenvalue weighted by molar-refractivity contribution is -0.347. The Balaban J connectivity index is 4.77. The summed E-state index contributed by atoms with van der Waals surface area (Å²) in [6.07, 6.45) is 10.1. The molecule has 0 bridgehead atoms. The molecule has 0 radical (unpaired) electrons. The molecule has 190 valence electrons. The zero-order chi connectivity index (χ0) is 24.6. The molecular weight excluding hydrogens is 408 g/mol. The molecule has 0 aliphatic rings. The van der Waals surface area contributed by atoms with Crippen molar-refractivity contribution in [2.75, 3.05) is 0 Å². The number of carbonyl (C=O) groups is 2. The summed E-state index contributed by atoms with van der Waals surface area (Å²) >= 11 is 0. The molecule has 0 aliphatic heterocycles. The smallest absolute Gasteiger partial charge is 0.298 e. The summed E-state index contributed by atoms with van der Waals surface area (Å²) in [7, 11) is 0. The SMILES string of the molecule is CCCCC(CC)C(=O)OOC(C)(C)CCC(C)(CCC)OOC(=O)C(CC)CCCC. The number of unbranched alkanes of at least 4 members (excludes halogenated alkanes) is 2. The second-order valence-electron chi connectivity index (χ2n) is 9.93. The Morgan fingerprint density at radius 1 is 0.656 bits per heavy atom. The van der Waals surface area contributed by atoms with Crippen LogP contribution in [0.2, 0.25) is 0 Å². The van der Waals surface area contributed by atoms with E-state index in [0.29, 0.717) is 12.8 Å². The number of rotatable bonds is 19. The Morgan fingerprint density at radius 2 is 1.12 bits per heavy atom. The van der Waals surface area contributed by atoms with Crippen LogP contribution < -0.4 is 0 Å². The summed E-state index contributed by atoms with van der Waals surface area (Å²) in [5.41, 5.74) is -1.29. The first-order chi connectivity index (χ1) is 15.1. The topological polar surface area (TPSA) is 71.1 Å². The van der Waals surface area contributed by atoms with Crippen molar-refractivity contribution in [1.29, 1.82) is 0 Å². The fourth-order valence-electron chi connectivity index (χ4n) is 3.65. The fourth-order valence-corrected chi connectivity index (χ4v) is 3.65. The van der Waals surface area contributed by atoms with E-state index in [0.717, 1.165) is 64.2 Å². The average molecular weight is 459 g/mol. The van der Waals surface area contributed by atoms with Gasteiger partial charge in [-0.3, -0.25) is 9.78 Å². The fraction of sp³-hybridized carbons (Fsp3) is 0.923. The summed E-state index contributed by atoms with van der Waals surface area (Å²) < 4.78 is 0. The molecule has 3 atom stereocenters. The van der Waals surface area contributed by atoms with E-state index in [1.807, 2.05) is 34.6 Å². The van der Waals surface area contributed by atoms with E-state index in [1.165, 1.54) is 0 Å².